The molecule has 0 rings (SSSR count). The number of aliphatic hydroxyl groups excluding tert-OH is 1. The largest absolute Gasteiger partial charge is 1.00 e. The molecule has 0 radical (unpaired) electrons. The molecule has 1 nitrogen and oxygen atoms in total. The topological polar surface area (TPSA) is 20.2 Å². The number of hydrogen-bond acceptors (Lipinski definition) is 1. The normalized spacial score (nSPS) is 7.71. The smallest absolute Gasteiger partial charge is 0.476 e. The van der Waals surface area contributed by atoms with Crippen molar-refractivity contribution in [3.63, 3.8) is 0 Å². The van der Waals surface area contributed by atoms with Gasteiger partial charge in [-0.1, -0.05) is 0 Å². The third kappa shape index (κ3) is 11.2. The zero-order valence-electron chi connectivity index (χ0n) is 4.76. The van der Waals surface area contributed by atoms with Crippen LogP contribution >= 0.6 is 0 Å². The summed E-state index contributed by atoms with van der Waals surface area (Å²) in [6.45, 7) is 2.89. The molecule has 0 aliphatic rings. The first kappa shape index (κ1) is 11.3. The predicted octanol–water partition coefficient (Wildman–Crippen LogP) is -1.69. The second-order valence-corrected chi connectivity index (χ2v) is 0.867. The van der Waals surface area contributed by atoms with Crippen LogP contribution in [0.5, 0.6) is 0 Å². The molecule has 0 fully saturated rings. The van der Waals surface area contributed by atoms with E-state index in [1.165, 1.54) is 0 Å². The van der Waals surface area contributed by atoms with E-state index in [1.54, 1.807) is 12.2 Å². The average Bonchev–Trinajstić information content (AvgIpc) is 1.61. The van der Waals surface area contributed by atoms with Crippen LogP contribution in [0.2, 0.25) is 0 Å². The Morgan fingerprint density at radius 2 is 2.00 bits per heavy atom. The Bertz CT molecular complexity index is 37.3. The minimum atomic E-state index is 0. The monoisotopic (exact) mass is 217 g/mol. The molecule has 0 aromatic heterocycles. The molecule has 1 N–H and O–H groups in total. The summed E-state index contributed by atoms with van der Waals surface area (Å²) in [5, 5.41) is 7.97. The summed E-state index contributed by atoms with van der Waals surface area (Å²) < 4.78 is 0. The minimum Gasteiger partial charge on any atom is -0.476 e. The van der Waals surface area contributed by atoms with Crippen LogP contribution in [0.15, 0.2) is 12.2 Å². The van der Waals surface area contributed by atoms with Crippen molar-refractivity contribution in [2.45, 2.75) is 6.92 Å². The summed E-state index contributed by atoms with van der Waals surface area (Å²) in [7, 11) is 0. The number of allylic oxidation sites excluding steroid dienone is 1. The summed E-state index contributed by atoms with van der Waals surface area (Å²) in [5.41, 5.74) is 0. The van der Waals surface area contributed by atoms with Crippen LogP contribution in [0.1, 0.15) is 6.92 Å². The van der Waals surface area contributed by atoms with E-state index in [0.717, 1.165) is 6.61 Å². The number of hydrogen-bond donors (Lipinski definition) is 1. The van der Waals surface area contributed by atoms with Gasteiger partial charge >= 0.3 is 68.9 Å². The van der Waals surface area contributed by atoms with Crippen LogP contribution in [-0.2, 0) is 0 Å². The molecule has 0 aromatic carbocycles. The van der Waals surface area contributed by atoms with E-state index in [2.05, 4.69) is 0 Å². The Morgan fingerprint density at radius 1 is 1.43 bits per heavy atom. The molecule has 0 aliphatic carbocycles. The molecular formula is C5H8CsO-. The maximum absolute atomic E-state index is 7.97. The Morgan fingerprint density at radius 3 is 2.14 bits per heavy atom. The van der Waals surface area contributed by atoms with Crippen molar-refractivity contribution >= 4 is 0 Å². The van der Waals surface area contributed by atoms with E-state index in [-0.39, 0.29) is 68.9 Å². The minimum absolute atomic E-state index is 0. The van der Waals surface area contributed by atoms with Gasteiger partial charge in [-0.25, -0.2) is 0 Å². The SMILES string of the molecule is C[CH-]C=C[CH-]O.[Cs+]. The predicted molar refractivity (Wildman–Crippen MR) is 25.3 cm³/mol. The maximum Gasteiger partial charge on any atom is 1.00 e. The van der Waals surface area contributed by atoms with Crippen molar-refractivity contribution in [3.8, 4) is 0 Å². The first-order chi connectivity index (χ1) is 2.91. The first-order valence-corrected chi connectivity index (χ1v) is 1.84. The fraction of sp³-hybridized carbons (Fsp3) is 0.200. The zero-order chi connectivity index (χ0) is 4.83. The van der Waals surface area contributed by atoms with Gasteiger partial charge in [-0.2, -0.15) is 6.61 Å². The first-order valence-electron chi connectivity index (χ1n) is 1.84. The molecule has 0 spiro atoms. The van der Waals surface area contributed by atoms with Crippen LogP contribution < -0.4 is 68.9 Å². The van der Waals surface area contributed by atoms with Gasteiger partial charge in [-0.05, 0) is 0 Å². The van der Waals surface area contributed by atoms with E-state index in [9.17, 15) is 0 Å². The molecule has 0 saturated carbocycles. The maximum atomic E-state index is 7.97. The summed E-state index contributed by atoms with van der Waals surface area (Å²) in [6.07, 6.45) is 5.15. The Balaban J connectivity index is 0. The van der Waals surface area contributed by atoms with E-state index >= 15 is 0 Å². The van der Waals surface area contributed by atoms with Crippen molar-refractivity contribution in [2.24, 2.45) is 0 Å². The Labute approximate surface area is 104 Å². The van der Waals surface area contributed by atoms with Gasteiger partial charge in [0.25, 0.3) is 0 Å². The zero-order valence-corrected chi connectivity index (χ0v) is 11.0. The van der Waals surface area contributed by atoms with Crippen molar-refractivity contribution in [3.05, 3.63) is 25.2 Å². The van der Waals surface area contributed by atoms with Crippen molar-refractivity contribution in [1.82, 2.24) is 0 Å². The molecule has 2 heteroatoms. The van der Waals surface area contributed by atoms with Crippen molar-refractivity contribution < 1.29 is 74.0 Å². The van der Waals surface area contributed by atoms with E-state index in [0.29, 0.717) is 0 Å². The number of rotatable bonds is 2. The Kier molecular flexibility index (Phi) is 16.9. The van der Waals surface area contributed by atoms with E-state index in [1.807, 2.05) is 13.3 Å². The van der Waals surface area contributed by atoms with Gasteiger partial charge in [0, 0.05) is 0 Å². The van der Waals surface area contributed by atoms with Gasteiger partial charge in [0.2, 0.25) is 0 Å². The molecule has 0 heterocycles. The summed E-state index contributed by atoms with van der Waals surface area (Å²) in [6, 6.07) is 0. The molecule has 36 valence electrons. The molecule has 0 saturated heterocycles. The molecule has 0 aromatic rings. The van der Waals surface area contributed by atoms with Crippen molar-refractivity contribution in [2.75, 3.05) is 0 Å². The van der Waals surface area contributed by atoms with Gasteiger partial charge in [-0.15, -0.1) is 6.92 Å². The Hall–Kier alpha value is 1.49. The molecule has 0 unspecified atom stereocenters. The van der Waals surface area contributed by atoms with Crippen LogP contribution in [0.25, 0.3) is 0 Å². The summed E-state index contributed by atoms with van der Waals surface area (Å²) in [4.78, 5) is 0. The fourth-order valence-electron chi connectivity index (χ4n) is 0.161. The molecule has 0 bridgehead atoms. The molecular weight excluding hydrogens is 209 g/mol. The van der Waals surface area contributed by atoms with Gasteiger partial charge in [-0.3, -0.25) is 0 Å². The summed E-state index contributed by atoms with van der Waals surface area (Å²) in [5.74, 6) is 0. The third-order valence-electron chi connectivity index (χ3n) is 0.390. The van der Waals surface area contributed by atoms with Gasteiger partial charge in [0.15, 0.2) is 0 Å². The van der Waals surface area contributed by atoms with Gasteiger partial charge in [0.1, 0.15) is 0 Å². The number of aliphatic hydroxyl groups is 1. The fourth-order valence-corrected chi connectivity index (χ4v) is 0.161. The van der Waals surface area contributed by atoms with Crippen molar-refractivity contribution in [1.29, 1.82) is 0 Å². The van der Waals surface area contributed by atoms with Crippen LogP contribution in [0, 0.1) is 13.0 Å². The van der Waals surface area contributed by atoms with E-state index < -0.39 is 0 Å². The van der Waals surface area contributed by atoms with Crippen LogP contribution in [-0.4, -0.2) is 5.11 Å². The van der Waals surface area contributed by atoms with Crippen LogP contribution in [0.4, 0.5) is 0 Å². The molecule has 0 amide bonds. The summed E-state index contributed by atoms with van der Waals surface area (Å²) >= 11 is 0. The van der Waals surface area contributed by atoms with Gasteiger partial charge < -0.3 is 23.7 Å². The molecule has 0 aliphatic heterocycles. The average molecular weight is 217 g/mol. The third-order valence-corrected chi connectivity index (χ3v) is 0.390. The second-order valence-electron chi connectivity index (χ2n) is 0.867. The molecule has 7 heavy (non-hydrogen) atoms. The van der Waals surface area contributed by atoms with Crippen LogP contribution in [0.3, 0.4) is 0 Å². The second kappa shape index (κ2) is 10.5. The molecule has 0 atom stereocenters. The van der Waals surface area contributed by atoms with Gasteiger partial charge in [0.05, 0.1) is 0 Å². The standard InChI is InChI=1S/C5H8O.Cs/c1-2-3-4-5-6;/h2-6H,1H3;/q-2;+1. The van der Waals surface area contributed by atoms with E-state index in [4.69, 9.17) is 5.11 Å². The quantitative estimate of drug-likeness (QED) is 0.547.